The first-order valence-corrected chi connectivity index (χ1v) is 8.47. The van der Waals surface area contributed by atoms with E-state index in [0.717, 1.165) is 24.3 Å². The van der Waals surface area contributed by atoms with Crippen molar-refractivity contribution in [3.8, 4) is 5.75 Å². The molecule has 0 radical (unpaired) electrons. The lowest BCUT2D eigenvalue weighted by atomic mass is 10.0. The molecule has 0 aliphatic carbocycles. The summed E-state index contributed by atoms with van der Waals surface area (Å²) in [5, 5.41) is 6.56. The van der Waals surface area contributed by atoms with Crippen molar-refractivity contribution in [3.05, 3.63) is 59.1 Å². The third-order valence-corrected chi connectivity index (χ3v) is 4.04. The van der Waals surface area contributed by atoms with Crippen LogP contribution in [0.25, 0.3) is 0 Å². The molecule has 0 saturated heterocycles. The van der Waals surface area contributed by atoms with Crippen molar-refractivity contribution in [1.82, 2.24) is 10.2 Å². The predicted octanol–water partition coefficient (Wildman–Crippen LogP) is 4.16. The molecule has 0 spiro atoms. The lowest BCUT2D eigenvalue weighted by Crippen LogP contribution is -2.34. The Morgan fingerprint density at radius 3 is 2.32 bits per heavy atom. The molecule has 0 saturated carbocycles. The van der Waals surface area contributed by atoms with Gasteiger partial charge >= 0.3 is 6.03 Å². The average molecular weight is 362 g/mol. The van der Waals surface area contributed by atoms with Gasteiger partial charge in [0.15, 0.2) is 0 Å². The second kappa shape index (κ2) is 9.30. The molecule has 2 rings (SSSR count). The van der Waals surface area contributed by atoms with E-state index in [9.17, 15) is 4.79 Å². The van der Waals surface area contributed by atoms with Gasteiger partial charge in [-0.1, -0.05) is 23.7 Å². The van der Waals surface area contributed by atoms with E-state index in [1.807, 2.05) is 38.4 Å². The topological polar surface area (TPSA) is 53.6 Å². The van der Waals surface area contributed by atoms with Gasteiger partial charge in [-0.3, -0.25) is 0 Å². The number of hydrogen-bond acceptors (Lipinski definition) is 3. The summed E-state index contributed by atoms with van der Waals surface area (Å²) in [7, 11) is 5.63. The van der Waals surface area contributed by atoms with Crippen LogP contribution in [0.4, 0.5) is 10.5 Å². The van der Waals surface area contributed by atoms with Gasteiger partial charge in [-0.25, -0.2) is 4.79 Å². The third-order valence-electron chi connectivity index (χ3n) is 3.79. The van der Waals surface area contributed by atoms with Crippen molar-refractivity contribution in [2.24, 2.45) is 0 Å². The first-order chi connectivity index (χ1) is 12.0. The van der Waals surface area contributed by atoms with Gasteiger partial charge in [0, 0.05) is 10.7 Å². The molecule has 0 aromatic heterocycles. The number of hydrogen-bond donors (Lipinski definition) is 2. The van der Waals surface area contributed by atoms with Crippen LogP contribution in [0.3, 0.4) is 0 Å². The number of amides is 2. The maximum absolute atomic E-state index is 12.4. The van der Waals surface area contributed by atoms with Crippen LogP contribution in [0.15, 0.2) is 48.5 Å². The van der Waals surface area contributed by atoms with E-state index < -0.39 is 0 Å². The predicted molar refractivity (Wildman–Crippen MR) is 103 cm³/mol. The summed E-state index contributed by atoms with van der Waals surface area (Å²) in [5.74, 6) is 0.746. The minimum absolute atomic E-state index is 0.0992. The molecule has 2 N–H and O–H groups in total. The zero-order valence-corrected chi connectivity index (χ0v) is 15.5. The molecular formula is C19H24ClN3O2. The zero-order valence-electron chi connectivity index (χ0n) is 14.8. The highest BCUT2D eigenvalue weighted by Crippen LogP contribution is 2.20. The Morgan fingerprint density at radius 1 is 1.12 bits per heavy atom. The molecule has 0 aliphatic heterocycles. The molecule has 0 heterocycles. The van der Waals surface area contributed by atoms with E-state index in [0.29, 0.717) is 10.7 Å². The monoisotopic (exact) mass is 361 g/mol. The summed E-state index contributed by atoms with van der Waals surface area (Å²) in [6.45, 7) is 0.857. The highest BCUT2D eigenvalue weighted by molar-refractivity contribution is 6.30. The number of ether oxygens (including phenoxy) is 1. The van der Waals surface area contributed by atoms with Gasteiger partial charge < -0.3 is 20.3 Å². The zero-order chi connectivity index (χ0) is 18.2. The number of benzene rings is 2. The second-order valence-corrected chi connectivity index (χ2v) is 6.46. The van der Waals surface area contributed by atoms with Crippen LogP contribution in [0.2, 0.25) is 5.02 Å². The van der Waals surface area contributed by atoms with Crippen molar-refractivity contribution in [2.45, 2.75) is 12.5 Å². The van der Waals surface area contributed by atoms with Gasteiger partial charge in [0.25, 0.3) is 0 Å². The van der Waals surface area contributed by atoms with Gasteiger partial charge in [-0.2, -0.15) is 0 Å². The number of methoxy groups -OCH3 is 1. The lowest BCUT2D eigenvalue weighted by Gasteiger charge is -2.21. The fourth-order valence-corrected chi connectivity index (χ4v) is 2.53. The van der Waals surface area contributed by atoms with E-state index >= 15 is 0 Å². The molecule has 6 heteroatoms. The standard InChI is InChI=1S/C19H24ClN3O2/c1-23(2)13-12-18(14-4-6-15(20)7-5-14)22-19(24)21-16-8-10-17(25-3)11-9-16/h4-11,18H,12-13H2,1-3H3,(H2,21,22,24). The normalized spacial score (nSPS) is 11.9. The summed E-state index contributed by atoms with van der Waals surface area (Å²) < 4.78 is 5.12. The highest BCUT2D eigenvalue weighted by atomic mass is 35.5. The van der Waals surface area contributed by atoms with Crippen LogP contribution < -0.4 is 15.4 Å². The summed E-state index contributed by atoms with van der Waals surface area (Å²) in [4.78, 5) is 14.5. The van der Waals surface area contributed by atoms with Gasteiger partial charge in [0.2, 0.25) is 0 Å². The van der Waals surface area contributed by atoms with Crippen LogP contribution in [0.5, 0.6) is 5.75 Å². The average Bonchev–Trinajstić information content (AvgIpc) is 2.60. The molecule has 25 heavy (non-hydrogen) atoms. The molecule has 1 unspecified atom stereocenters. The SMILES string of the molecule is COc1ccc(NC(=O)NC(CCN(C)C)c2ccc(Cl)cc2)cc1. The lowest BCUT2D eigenvalue weighted by molar-refractivity contribution is 0.246. The number of anilines is 1. The van der Waals surface area contributed by atoms with E-state index in [1.165, 1.54) is 0 Å². The molecule has 1 atom stereocenters. The van der Waals surface area contributed by atoms with Crippen LogP contribution in [-0.4, -0.2) is 38.7 Å². The van der Waals surface area contributed by atoms with Crippen molar-refractivity contribution < 1.29 is 9.53 Å². The fourth-order valence-electron chi connectivity index (χ4n) is 2.40. The van der Waals surface area contributed by atoms with Crippen molar-refractivity contribution >= 4 is 23.3 Å². The summed E-state index contributed by atoms with van der Waals surface area (Å²) >= 11 is 5.96. The third kappa shape index (κ3) is 6.29. The Labute approximate surface area is 153 Å². The number of nitrogens with one attached hydrogen (secondary N) is 2. The van der Waals surface area contributed by atoms with Crippen molar-refractivity contribution in [1.29, 1.82) is 0 Å². The van der Waals surface area contributed by atoms with Crippen LogP contribution in [-0.2, 0) is 0 Å². The largest absolute Gasteiger partial charge is 0.497 e. The number of nitrogens with zero attached hydrogens (tertiary/aromatic N) is 1. The minimum atomic E-state index is -0.246. The van der Waals surface area contributed by atoms with Gasteiger partial charge in [0.1, 0.15) is 5.75 Å². The van der Waals surface area contributed by atoms with Crippen molar-refractivity contribution in [3.63, 3.8) is 0 Å². The van der Waals surface area contributed by atoms with E-state index in [2.05, 4.69) is 15.5 Å². The van der Waals surface area contributed by atoms with Gasteiger partial charge in [-0.15, -0.1) is 0 Å². The van der Waals surface area contributed by atoms with E-state index in [1.54, 1.807) is 31.4 Å². The fraction of sp³-hybridized carbons (Fsp3) is 0.316. The van der Waals surface area contributed by atoms with Crippen LogP contribution in [0, 0.1) is 0 Å². The minimum Gasteiger partial charge on any atom is -0.497 e. The van der Waals surface area contributed by atoms with Crippen LogP contribution in [0.1, 0.15) is 18.0 Å². The molecule has 2 aromatic carbocycles. The Hall–Kier alpha value is -2.24. The summed E-state index contributed by atoms with van der Waals surface area (Å²) in [6, 6.07) is 14.4. The second-order valence-electron chi connectivity index (χ2n) is 6.02. The maximum Gasteiger partial charge on any atom is 0.319 e. The number of carbonyl (C=O) groups is 1. The molecular weight excluding hydrogens is 338 g/mol. The Kier molecular flexibility index (Phi) is 7.10. The quantitative estimate of drug-likeness (QED) is 0.778. The molecule has 0 aliphatic rings. The Bertz CT molecular complexity index is 672. The van der Waals surface area contributed by atoms with Crippen LogP contribution >= 0.6 is 11.6 Å². The molecule has 134 valence electrons. The molecule has 2 aromatic rings. The smallest absolute Gasteiger partial charge is 0.319 e. The molecule has 5 nitrogen and oxygen atoms in total. The Morgan fingerprint density at radius 2 is 1.76 bits per heavy atom. The Balaban J connectivity index is 2.03. The number of urea groups is 1. The highest BCUT2D eigenvalue weighted by Gasteiger charge is 2.15. The number of rotatable bonds is 7. The van der Waals surface area contributed by atoms with Gasteiger partial charge in [-0.05, 0) is 69.0 Å². The molecule has 0 fully saturated rings. The number of carbonyl (C=O) groups excluding carboxylic acids is 1. The summed E-state index contributed by atoms with van der Waals surface area (Å²) in [6.07, 6.45) is 0.796. The first-order valence-electron chi connectivity index (χ1n) is 8.09. The summed E-state index contributed by atoms with van der Waals surface area (Å²) in [5.41, 5.74) is 1.73. The van der Waals surface area contributed by atoms with E-state index in [-0.39, 0.29) is 12.1 Å². The molecule has 0 bridgehead atoms. The first kappa shape index (κ1) is 19.1. The van der Waals surface area contributed by atoms with Crippen molar-refractivity contribution in [2.75, 3.05) is 33.1 Å². The maximum atomic E-state index is 12.4. The van der Waals surface area contributed by atoms with Gasteiger partial charge in [0.05, 0.1) is 13.2 Å². The van der Waals surface area contributed by atoms with E-state index in [4.69, 9.17) is 16.3 Å². The number of halogens is 1. The molecule has 2 amide bonds.